The lowest BCUT2D eigenvalue weighted by molar-refractivity contribution is -0.116. The first kappa shape index (κ1) is 10.6. The van der Waals surface area contributed by atoms with Crippen molar-refractivity contribution in [2.75, 3.05) is 0 Å². The summed E-state index contributed by atoms with van der Waals surface area (Å²) in [6.45, 7) is 3.42. The Morgan fingerprint density at radius 3 is 2.62 bits per heavy atom. The lowest BCUT2D eigenvalue weighted by atomic mass is 10.0. The second-order valence-electron chi connectivity index (χ2n) is 3.01. The van der Waals surface area contributed by atoms with E-state index < -0.39 is 5.38 Å². The Morgan fingerprint density at radius 1 is 1.54 bits per heavy atom. The summed E-state index contributed by atoms with van der Waals surface area (Å²) < 4.78 is 0. The average Bonchev–Trinajstić information content (AvgIpc) is 2.03. The molecule has 0 aliphatic carbocycles. The molecular weight excluding hydrogens is 204 g/mol. The number of hydrogen-bond donors (Lipinski definition) is 1. The highest BCUT2D eigenvalue weighted by molar-refractivity contribution is 7.80. The highest BCUT2D eigenvalue weighted by Crippen LogP contribution is 2.26. The molecule has 1 aromatic rings. The predicted octanol–water partition coefficient (Wildman–Crippen LogP) is 3.15. The summed E-state index contributed by atoms with van der Waals surface area (Å²) >= 11 is 10.1. The zero-order valence-electron chi connectivity index (χ0n) is 7.54. The first-order valence-electron chi connectivity index (χ1n) is 3.96. The minimum absolute atomic E-state index is 0.0309. The van der Waals surface area contributed by atoms with E-state index in [1.54, 1.807) is 0 Å². The molecule has 1 aromatic carbocycles. The van der Waals surface area contributed by atoms with E-state index in [1.165, 1.54) is 6.92 Å². The van der Waals surface area contributed by atoms with E-state index in [1.807, 2.05) is 25.1 Å². The third-order valence-corrected chi connectivity index (χ3v) is 2.70. The monoisotopic (exact) mass is 214 g/mol. The van der Waals surface area contributed by atoms with Crippen LogP contribution >= 0.6 is 24.2 Å². The molecule has 0 radical (unpaired) electrons. The van der Waals surface area contributed by atoms with Crippen molar-refractivity contribution in [3.8, 4) is 0 Å². The van der Waals surface area contributed by atoms with E-state index >= 15 is 0 Å². The van der Waals surface area contributed by atoms with Crippen LogP contribution in [-0.4, -0.2) is 5.78 Å². The third-order valence-electron chi connectivity index (χ3n) is 1.88. The second kappa shape index (κ2) is 4.16. The number of benzene rings is 1. The third kappa shape index (κ3) is 2.48. The molecular formula is C10H11ClOS. The number of halogens is 1. The molecule has 1 nitrogen and oxygen atoms in total. The molecule has 1 atom stereocenters. The molecule has 0 saturated heterocycles. The van der Waals surface area contributed by atoms with Gasteiger partial charge in [-0.05, 0) is 37.1 Å². The molecule has 13 heavy (non-hydrogen) atoms. The SMILES string of the molecule is CC(=O)C(Cl)c1ccc(S)cc1C. The van der Waals surface area contributed by atoms with Crippen molar-refractivity contribution in [1.29, 1.82) is 0 Å². The Balaban J connectivity index is 3.08. The molecule has 0 spiro atoms. The van der Waals surface area contributed by atoms with Gasteiger partial charge in [-0.3, -0.25) is 4.79 Å². The molecule has 0 aliphatic rings. The second-order valence-corrected chi connectivity index (χ2v) is 3.97. The van der Waals surface area contributed by atoms with Crippen LogP contribution in [0.5, 0.6) is 0 Å². The molecule has 0 aromatic heterocycles. The number of thiol groups is 1. The van der Waals surface area contributed by atoms with Crippen LogP contribution in [0.1, 0.15) is 23.4 Å². The van der Waals surface area contributed by atoms with E-state index in [-0.39, 0.29) is 5.78 Å². The Bertz CT molecular complexity index is 336. The number of rotatable bonds is 2. The van der Waals surface area contributed by atoms with Crippen LogP contribution in [0.15, 0.2) is 23.1 Å². The van der Waals surface area contributed by atoms with E-state index in [9.17, 15) is 4.79 Å². The summed E-state index contributed by atoms with van der Waals surface area (Å²) in [5.74, 6) is -0.0309. The van der Waals surface area contributed by atoms with Crippen LogP contribution in [0.2, 0.25) is 0 Å². The maximum absolute atomic E-state index is 11.0. The maximum Gasteiger partial charge on any atom is 0.152 e. The van der Waals surface area contributed by atoms with Gasteiger partial charge in [-0.1, -0.05) is 6.07 Å². The summed E-state index contributed by atoms with van der Waals surface area (Å²) in [4.78, 5) is 11.9. The lowest BCUT2D eigenvalue weighted by Crippen LogP contribution is -2.03. The maximum atomic E-state index is 11.0. The molecule has 70 valence electrons. The summed E-state index contributed by atoms with van der Waals surface area (Å²) in [6, 6.07) is 5.58. The molecule has 0 heterocycles. The van der Waals surface area contributed by atoms with Crippen LogP contribution < -0.4 is 0 Å². The Kier molecular flexibility index (Phi) is 3.40. The Labute approximate surface area is 88.5 Å². The first-order valence-corrected chi connectivity index (χ1v) is 4.84. The smallest absolute Gasteiger partial charge is 0.152 e. The molecule has 1 rings (SSSR count). The van der Waals surface area contributed by atoms with Gasteiger partial charge in [-0.2, -0.15) is 0 Å². The van der Waals surface area contributed by atoms with Crippen molar-refractivity contribution in [2.24, 2.45) is 0 Å². The van der Waals surface area contributed by atoms with Gasteiger partial charge in [0.15, 0.2) is 5.78 Å². The molecule has 0 N–H and O–H groups in total. The van der Waals surface area contributed by atoms with Crippen molar-refractivity contribution in [3.05, 3.63) is 29.3 Å². The van der Waals surface area contributed by atoms with E-state index in [0.29, 0.717) is 0 Å². The van der Waals surface area contributed by atoms with Gasteiger partial charge in [-0.25, -0.2) is 0 Å². The van der Waals surface area contributed by atoms with Gasteiger partial charge in [0.1, 0.15) is 5.38 Å². The van der Waals surface area contributed by atoms with Gasteiger partial charge in [0, 0.05) is 4.90 Å². The number of alkyl halides is 1. The number of carbonyl (C=O) groups is 1. The van der Waals surface area contributed by atoms with Crippen molar-refractivity contribution in [1.82, 2.24) is 0 Å². The number of aryl methyl sites for hydroxylation is 1. The van der Waals surface area contributed by atoms with E-state index in [4.69, 9.17) is 11.6 Å². The summed E-state index contributed by atoms with van der Waals surface area (Å²) in [6.07, 6.45) is 0. The zero-order chi connectivity index (χ0) is 10.0. The Morgan fingerprint density at radius 2 is 2.15 bits per heavy atom. The van der Waals surface area contributed by atoms with Crippen LogP contribution in [-0.2, 0) is 4.79 Å². The normalized spacial score (nSPS) is 12.6. The van der Waals surface area contributed by atoms with Crippen molar-refractivity contribution in [2.45, 2.75) is 24.1 Å². The average molecular weight is 215 g/mol. The van der Waals surface area contributed by atoms with Gasteiger partial charge in [-0.15, -0.1) is 24.2 Å². The summed E-state index contributed by atoms with van der Waals surface area (Å²) in [5.41, 5.74) is 1.87. The molecule has 0 bridgehead atoms. The molecule has 0 fully saturated rings. The Hall–Kier alpha value is -0.470. The molecule has 1 unspecified atom stereocenters. The van der Waals surface area contributed by atoms with Crippen LogP contribution in [0.25, 0.3) is 0 Å². The summed E-state index contributed by atoms with van der Waals surface area (Å²) in [7, 11) is 0. The minimum atomic E-state index is -0.533. The minimum Gasteiger partial charge on any atom is -0.298 e. The molecule has 3 heteroatoms. The van der Waals surface area contributed by atoms with Crippen molar-refractivity contribution < 1.29 is 4.79 Å². The standard InChI is InChI=1S/C10H11ClOS/c1-6-5-8(13)3-4-9(6)10(11)7(2)12/h3-5,10,13H,1-2H3. The number of ketones is 1. The zero-order valence-corrected chi connectivity index (χ0v) is 9.19. The van der Waals surface area contributed by atoms with Crippen LogP contribution in [0.4, 0.5) is 0 Å². The van der Waals surface area contributed by atoms with Gasteiger partial charge in [0.25, 0.3) is 0 Å². The molecule has 0 saturated carbocycles. The van der Waals surface area contributed by atoms with Gasteiger partial charge >= 0.3 is 0 Å². The number of hydrogen-bond acceptors (Lipinski definition) is 2. The van der Waals surface area contributed by atoms with E-state index in [0.717, 1.165) is 16.0 Å². The fourth-order valence-corrected chi connectivity index (χ4v) is 1.68. The topological polar surface area (TPSA) is 17.1 Å². The number of carbonyl (C=O) groups excluding carboxylic acids is 1. The van der Waals surface area contributed by atoms with Gasteiger partial charge < -0.3 is 0 Å². The molecule has 0 aliphatic heterocycles. The summed E-state index contributed by atoms with van der Waals surface area (Å²) in [5, 5.41) is -0.533. The fourth-order valence-electron chi connectivity index (χ4n) is 1.16. The predicted molar refractivity (Wildman–Crippen MR) is 57.7 cm³/mol. The van der Waals surface area contributed by atoms with Crippen LogP contribution in [0, 0.1) is 6.92 Å². The van der Waals surface area contributed by atoms with Crippen molar-refractivity contribution >= 4 is 30.0 Å². The number of Topliss-reactive ketones (excluding diaryl/α,β-unsaturated/α-hetero) is 1. The van der Waals surface area contributed by atoms with E-state index in [2.05, 4.69) is 12.6 Å². The van der Waals surface area contributed by atoms with Crippen molar-refractivity contribution in [3.63, 3.8) is 0 Å². The fraction of sp³-hybridized carbons (Fsp3) is 0.300. The van der Waals surface area contributed by atoms with Gasteiger partial charge in [0.05, 0.1) is 0 Å². The lowest BCUT2D eigenvalue weighted by Gasteiger charge is -2.09. The first-order chi connectivity index (χ1) is 6.02. The largest absolute Gasteiger partial charge is 0.298 e. The van der Waals surface area contributed by atoms with Gasteiger partial charge in [0.2, 0.25) is 0 Å². The van der Waals surface area contributed by atoms with Crippen LogP contribution in [0.3, 0.4) is 0 Å². The molecule has 0 amide bonds. The highest BCUT2D eigenvalue weighted by atomic mass is 35.5. The quantitative estimate of drug-likeness (QED) is 0.591. The highest BCUT2D eigenvalue weighted by Gasteiger charge is 2.14.